The second-order valence-corrected chi connectivity index (χ2v) is 11.5. The van der Waals surface area contributed by atoms with Gasteiger partial charge in [0.15, 0.2) is 5.96 Å². The Morgan fingerprint density at radius 1 is 0.844 bits per heavy atom. The lowest BCUT2D eigenvalue weighted by Crippen LogP contribution is -2.58. The zero-order valence-corrected chi connectivity index (χ0v) is 25.7. The lowest BCUT2D eigenvalue weighted by Gasteiger charge is -2.26. The van der Waals surface area contributed by atoms with Crippen molar-refractivity contribution in [3.63, 3.8) is 0 Å². The molecule has 0 saturated carbocycles. The van der Waals surface area contributed by atoms with Crippen molar-refractivity contribution in [3.05, 3.63) is 71.9 Å². The van der Waals surface area contributed by atoms with Crippen LogP contribution in [0.2, 0.25) is 0 Å². The van der Waals surface area contributed by atoms with E-state index in [4.69, 9.17) is 17.2 Å². The number of nitrogens with zero attached hydrogens (tertiary/aromatic N) is 1. The molecule has 0 radical (unpaired) electrons. The molecule has 0 aliphatic carbocycles. The Morgan fingerprint density at radius 2 is 1.47 bits per heavy atom. The van der Waals surface area contributed by atoms with Crippen molar-refractivity contribution in [2.75, 3.05) is 6.54 Å². The third-order valence-electron chi connectivity index (χ3n) is 7.27. The number of aromatic amines is 1. The van der Waals surface area contributed by atoms with E-state index < -0.39 is 47.9 Å². The highest BCUT2D eigenvalue weighted by atomic mass is 16.4. The molecule has 3 rings (SSSR count). The standard InChI is InChI=1S/C32H44N8O5/c1-19(2)15-25(29(42)40-27(31(44)45)16-20-9-4-3-5-10-20)39-30(43)26(17-21-18-37-24-13-7-6-11-22(21)24)38-28(41)23(33)12-8-14-36-32(34)35/h3-7,9-11,13,18-19,23,25-27,37H,8,12,14-17,33H2,1-2H3,(H,38,41)(H,39,43)(H,40,42)(H,44,45)(H4,34,35,36). The Kier molecular flexibility index (Phi) is 12.9. The van der Waals surface area contributed by atoms with E-state index in [0.717, 1.165) is 22.0 Å². The van der Waals surface area contributed by atoms with Crippen LogP contribution < -0.4 is 33.2 Å². The number of aliphatic imine (C=N–C) groups is 1. The number of H-pyrrole nitrogens is 1. The van der Waals surface area contributed by atoms with Crippen LogP contribution in [0.15, 0.2) is 65.8 Å². The van der Waals surface area contributed by atoms with Crippen LogP contribution in [0, 0.1) is 5.92 Å². The number of rotatable bonds is 17. The highest BCUT2D eigenvalue weighted by Crippen LogP contribution is 2.19. The molecule has 4 unspecified atom stereocenters. The monoisotopic (exact) mass is 620 g/mol. The number of nitrogens with two attached hydrogens (primary N) is 3. The Labute approximate surface area is 262 Å². The summed E-state index contributed by atoms with van der Waals surface area (Å²) in [5.41, 5.74) is 19.2. The van der Waals surface area contributed by atoms with Gasteiger partial charge in [0, 0.05) is 36.5 Å². The first kappa shape index (κ1) is 34.6. The van der Waals surface area contributed by atoms with Crippen LogP contribution in [0.1, 0.15) is 44.2 Å². The van der Waals surface area contributed by atoms with Crippen molar-refractivity contribution in [1.29, 1.82) is 0 Å². The average molecular weight is 621 g/mol. The molecule has 3 amide bonds. The highest BCUT2D eigenvalue weighted by Gasteiger charge is 2.31. The quantitative estimate of drug-likeness (QED) is 0.0613. The zero-order chi connectivity index (χ0) is 32.9. The van der Waals surface area contributed by atoms with Crippen LogP contribution in [-0.2, 0) is 32.0 Å². The van der Waals surface area contributed by atoms with Crippen molar-refractivity contribution in [1.82, 2.24) is 20.9 Å². The van der Waals surface area contributed by atoms with Gasteiger partial charge in [-0.2, -0.15) is 0 Å². The molecule has 4 atom stereocenters. The average Bonchev–Trinajstić information content (AvgIpc) is 3.40. The number of nitrogens with one attached hydrogen (secondary N) is 4. The first-order valence-corrected chi connectivity index (χ1v) is 15.0. The molecule has 0 fully saturated rings. The summed E-state index contributed by atoms with van der Waals surface area (Å²) < 4.78 is 0. The zero-order valence-electron chi connectivity index (χ0n) is 25.7. The van der Waals surface area contributed by atoms with Gasteiger partial charge in [-0.05, 0) is 42.4 Å². The fourth-order valence-electron chi connectivity index (χ4n) is 4.96. The summed E-state index contributed by atoms with van der Waals surface area (Å²) in [6, 6.07) is 12.2. The topological polar surface area (TPSA) is 231 Å². The number of carboxylic acids is 1. The fraction of sp³-hybridized carbons (Fsp3) is 0.406. The maximum atomic E-state index is 13.8. The molecule has 1 heterocycles. The number of carboxylic acid groups (broad SMARTS) is 1. The van der Waals surface area contributed by atoms with Crippen LogP contribution in [-0.4, -0.2) is 70.5 Å². The van der Waals surface area contributed by atoms with E-state index in [9.17, 15) is 24.3 Å². The van der Waals surface area contributed by atoms with Gasteiger partial charge in [-0.3, -0.25) is 19.4 Å². The summed E-state index contributed by atoms with van der Waals surface area (Å²) in [4.78, 5) is 59.4. The number of guanidine groups is 1. The predicted octanol–water partition coefficient (Wildman–Crippen LogP) is 0.919. The SMILES string of the molecule is CC(C)CC(NC(=O)C(Cc1c[nH]c2ccccc12)NC(=O)C(N)CCCN=C(N)N)C(=O)NC(Cc1ccccc1)C(=O)O. The lowest BCUT2D eigenvalue weighted by atomic mass is 9.99. The van der Waals surface area contributed by atoms with Gasteiger partial charge in [-0.15, -0.1) is 0 Å². The van der Waals surface area contributed by atoms with Crippen molar-refractivity contribution in [2.45, 2.75) is 70.1 Å². The third kappa shape index (κ3) is 10.9. The maximum Gasteiger partial charge on any atom is 0.326 e. The largest absolute Gasteiger partial charge is 0.480 e. The number of hydrogen-bond donors (Lipinski definition) is 8. The summed E-state index contributed by atoms with van der Waals surface area (Å²) in [7, 11) is 0. The summed E-state index contributed by atoms with van der Waals surface area (Å²) in [6.07, 6.45) is 2.93. The molecule has 1 aromatic heterocycles. The first-order valence-electron chi connectivity index (χ1n) is 15.0. The van der Waals surface area contributed by atoms with Crippen molar-refractivity contribution in [3.8, 4) is 0 Å². The molecule has 45 heavy (non-hydrogen) atoms. The van der Waals surface area contributed by atoms with E-state index in [1.54, 1.807) is 30.5 Å². The van der Waals surface area contributed by atoms with Gasteiger partial charge >= 0.3 is 5.97 Å². The van der Waals surface area contributed by atoms with Gasteiger partial charge in [-0.25, -0.2) is 4.79 Å². The van der Waals surface area contributed by atoms with Crippen molar-refractivity contribution >= 4 is 40.6 Å². The summed E-state index contributed by atoms with van der Waals surface area (Å²) in [5.74, 6) is -3.04. The Balaban J connectivity index is 1.79. The van der Waals surface area contributed by atoms with Crippen LogP contribution in [0.25, 0.3) is 10.9 Å². The first-order chi connectivity index (χ1) is 21.4. The van der Waals surface area contributed by atoms with Crippen LogP contribution in [0.3, 0.4) is 0 Å². The molecule has 0 aliphatic rings. The van der Waals surface area contributed by atoms with Crippen molar-refractivity contribution < 1.29 is 24.3 Å². The number of hydrogen-bond acceptors (Lipinski definition) is 6. The Morgan fingerprint density at radius 3 is 2.13 bits per heavy atom. The van der Waals surface area contributed by atoms with E-state index in [-0.39, 0.29) is 37.6 Å². The Bertz CT molecular complexity index is 1470. The maximum absolute atomic E-state index is 13.8. The van der Waals surface area contributed by atoms with Crippen LogP contribution in [0.4, 0.5) is 0 Å². The summed E-state index contributed by atoms with van der Waals surface area (Å²) >= 11 is 0. The smallest absolute Gasteiger partial charge is 0.326 e. The lowest BCUT2D eigenvalue weighted by molar-refractivity contribution is -0.142. The molecule has 3 aromatic rings. The minimum atomic E-state index is -1.20. The fourth-order valence-corrected chi connectivity index (χ4v) is 4.96. The van der Waals surface area contributed by atoms with E-state index in [0.29, 0.717) is 13.0 Å². The van der Waals surface area contributed by atoms with Crippen LogP contribution in [0.5, 0.6) is 0 Å². The number of carbonyl (C=O) groups excluding carboxylic acids is 3. The molecule has 0 bridgehead atoms. The normalized spacial score (nSPS) is 13.8. The molecule has 2 aromatic carbocycles. The van der Waals surface area contributed by atoms with Crippen LogP contribution >= 0.6 is 0 Å². The predicted molar refractivity (Wildman–Crippen MR) is 173 cm³/mol. The number of aromatic nitrogens is 1. The number of fused-ring (bicyclic) bond motifs is 1. The van der Waals surface area contributed by atoms with Gasteiger partial charge in [0.05, 0.1) is 6.04 Å². The molecule has 13 heteroatoms. The molecule has 0 aliphatic heterocycles. The highest BCUT2D eigenvalue weighted by molar-refractivity contribution is 5.95. The molecule has 13 nitrogen and oxygen atoms in total. The second kappa shape index (κ2) is 16.8. The molecular weight excluding hydrogens is 576 g/mol. The summed E-state index contributed by atoms with van der Waals surface area (Å²) in [6.45, 7) is 4.07. The molecule has 0 spiro atoms. The van der Waals surface area contributed by atoms with E-state index in [2.05, 4.69) is 25.9 Å². The van der Waals surface area contributed by atoms with E-state index in [1.807, 2.05) is 44.2 Å². The number of aliphatic carboxylic acids is 1. The van der Waals surface area contributed by atoms with Gasteiger partial charge in [0.25, 0.3) is 0 Å². The van der Waals surface area contributed by atoms with E-state index >= 15 is 0 Å². The number of carbonyl (C=O) groups is 4. The molecular formula is C32H44N8O5. The van der Waals surface area contributed by atoms with E-state index in [1.165, 1.54) is 0 Å². The van der Waals surface area contributed by atoms with Gasteiger partial charge in [0.2, 0.25) is 17.7 Å². The molecule has 0 saturated heterocycles. The number of benzene rings is 2. The molecule has 242 valence electrons. The van der Waals surface area contributed by atoms with Crippen molar-refractivity contribution in [2.24, 2.45) is 28.1 Å². The van der Waals surface area contributed by atoms with Gasteiger partial charge in [0.1, 0.15) is 18.1 Å². The minimum Gasteiger partial charge on any atom is -0.480 e. The van der Waals surface area contributed by atoms with Gasteiger partial charge in [-0.1, -0.05) is 62.4 Å². The number of para-hydroxylation sites is 1. The third-order valence-corrected chi connectivity index (χ3v) is 7.27. The molecule has 11 N–H and O–H groups in total. The Hall–Kier alpha value is -4.91. The number of amides is 3. The summed E-state index contributed by atoms with van der Waals surface area (Å²) in [5, 5.41) is 18.8. The minimum absolute atomic E-state index is 0.0150. The second-order valence-electron chi connectivity index (χ2n) is 11.5. The van der Waals surface area contributed by atoms with Gasteiger partial charge < -0.3 is 43.2 Å².